The van der Waals surface area contributed by atoms with Crippen LogP contribution >= 0.6 is 0 Å². The van der Waals surface area contributed by atoms with E-state index < -0.39 is 209 Å². The summed E-state index contributed by atoms with van der Waals surface area (Å²) in [5.74, 6) is -2.35. The van der Waals surface area contributed by atoms with E-state index in [0.29, 0.717) is 25.7 Å². The molecule has 17 N–H and O–H groups in total. The minimum atomic E-state index is -1.93. The Bertz CT molecular complexity index is 1850. The molecule has 76 heavy (non-hydrogen) atoms. The van der Waals surface area contributed by atoms with Gasteiger partial charge in [-0.25, -0.2) is 4.79 Å². The minimum absolute atomic E-state index is 0.0191. The van der Waals surface area contributed by atoms with E-state index in [1.807, 2.05) is 0 Å². The molecule has 0 bridgehead atoms. The number of rotatable bonds is 15. The van der Waals surface area contributed by atoms with E-state index >= 15 is 0 Å². The van der Waals surface area contributed by atoms with Crippen LogP contribution in [0.4, 0.5) is 0 Å². The predicted octanol–water partition coefficient (Wildman–Crippen LogP) is -7.89. The molecule has 5 aliphatic heterocycles. The molecule has 0 radical (unpaired) electrons. The fourth-order valence-corrected chi connectivity index (χ4v) is 12.0. The third-order valence-electron chi connectivity index (χ3n) is 16.5. The van der Waals surface area contributed by atoms with E-state index in [2.05, 4.69) is 0 Å². The summed E-state index contributed by atoms with van der Waals surface area (Å²) in [5, 5.41) is 180. The SMILES string of the molecule is CC1OC(OCC2OC(OC3CC4C(OC5OC(CO)C(O)C(O)C5O)CC(O)CC4OC3C3CC(O)C(O)C(O)C3)C(O)C(O)C2O)C(O)C(O)C1OC(=O)C=CC1CCC(OC2OC(CO)C(O)C(O)C2O)CC1. The second-order valence-corrected chi connectivity index (χ2v) is 21.7. The topological polar surface area (TPSA) is 453 Å². The van der Waals surface area contributed by atoms with Gasteiger partial charge in [0.15, 0.2) is 31.3 Å². The molecule has 0 aromatic carbocycles. The van der Waals surface area contributed by atoms with Crippen LogP contribution in [0, 0.1) is 17.8 Å². The molecule has 0 aromatic rings. The highest BCUT2D eigenvalue weighted by atomic mass is 16.7. The van der Waals surface area contributed by atoms with E-state index in [1.165, 1.54) is 13.0 Å². The molecule has 8 rings (SSSR count). The van der Waals surface area contributed by atoms with Gasteiger partial charge in [0.2, 0.25) is 0 Å². The van der Waals surface area contributed by atoms with Crippen LogP contribution in [0.15, 0.2) is 12.2 Å². The average molecular weight is 1100 g/mol. The number of carbonyl (C=O) groups excluding carboxylic acids is 1. The Morgan fingerprint density at radius 2 is 1.03 bits per heavy atom. The number of hydrogen-bond donors (Lipinski definition) is 17. The summed E-state index contributed by atoms with van der Waals surface area (Å²) in [6.45, 7) is -0.517. The van der Waals surface area contributed by atoms with E-state index in [-0.39, 0.29) is 44.1 Å². The van der Waals surface area contributed by atoms with Crippen molar-refractivity contribution in [3.8, 4) is 0 Å². The van der Waals surface area contributed by atoms with Crippen molar-refractivity contribution in [1.82, 2.24) is 0 Å². The van der Waals surface area contributed by atoms with E-state index in [9.17, 15) is 91.6 Å². The van der Waals surface area contributed by atoms with Gasteiger partial charge in [0.05, 0.1) is 74.8 Å². The molecule has 5 heterocycles. The largest absolute Gasteiger partial charge is 0.454 e. The van der Waals surface area contributed by atoms with Gasteiger partial charge in [-0.15, -0.1) is 0 Å². The van der Waals surface area contributed by atoms with Crippen LogP contribution in [0.5, 0.6) is 0 Å². The van der Waals surface area contributed by atoms with Crippen molar-refractivity contribution in [1.29, 1.82) is 0 Å². The van der Waals surface area contributed by atoms with Crippen LogP contribution in [0.25, 0.3) is 0 Å². The van der Waals surface area contributed by atoms with E-state index in [1.54, 1.807) is 6.08 Å². The van der Waals surface area contributed by atoms with Crippen molar-refractivity contribution >= 4 is 5.97 Å². The first-order chi connectivity index (χ1) is 36.1. The Morgan fingerprint density at radius 1 is 0.513 bits per heavy atom. The van der Waals surface area contributed by atoms with Gasteiger partial charge in [-0.05, 0) is 70.1 Å². The molecule has 28 heteroatoms. The first-order valence-corrected chi connectivity index (χ1v) is 26.3. The quantitative estimate of drug-likeness (QED) is 0.0535. The van der Waals surface area contributed by atoms with Crippen LogP contribution in [-0.4, -0.2) is 290 Å². The molecule has 28 nitrogen and oxygen atoms in total. The molecule has 8 aliphatic rings. The van der Waals surface area contributed by atoms with Gasteiger partial charge in [-0.2, -0.15) is 0 Å². The van der Waals surface area contributed by atoms with Crippen molar-refractivity contribution in [2.45, 2.75) is 242 Å². The molecule has 5 saturated heterocycles. The lowest BCUT2D eigenvalue weighted by Crippen LogP contribution is -2.64. The smallest absolute Gasteiger partial charge is 0.330 e. The number of hydrogen-bond acceptors (Lipinski definition) is 28. The molecule has 438 valence electrons. The molecule has 3 aliphatic carbocycles. The Balaban J connectivity index is 0.867. The number of aliphatic hydroxyl groups is 17. The number of carbonyl (C=O) groups is 1. The lowest BCUT2D eigenvalue weighted by atomic mass is 9.72. The number of esters is 1. The summed E-state index contributed by atoms with van der Waals surface area (Å²) >= 11 is 0. The van der Waals surface area contributed by atoms with Crippen molar-refractivity contribution in [2.75, 3.05) is 19.8 Å². The second kappa shape index (κ2) is 26.0. The molecular formula is C48H78O28. The summed E-state index contributed by atoms with van der Waals surface area (Å²) in [6.07, 6.45) is -36.6. The zero-order valence-corrected chi connectivity index (χ0v) is 41.7. The minimum Gasteiger partial charge on any atom is -0.454 e. The molecule has 0 aromatic heterocycles. The Hall–Kier alpha value is -1.83. The molecule has 28 atom stereocenters. The third-order valence-corrected chi connectivity index (χ3v) is 16.5. The first-order valence-electron chi connectivity index (χ1n) is 26.3. The third kappa shape index (κ3) is 13.2. The fourth-order valence-electron chi connectivity index (χ4n) is 12.0. The highest BCUT2D eigenvalue weighted by Gasteiger charge is 2.56. The molecule has 0 amide bonds. The normalized spacial score (nSPS) is 52.5. The zero-order valence-electron chi connectivity index (χ0n) is 41.7. The predicted molar refractivity (Wildman–Crippen MR) is 245 cm³/mol. The summed E-state index contributed by atoms with van der Waals surface area (Å²) < 4.78 is 59.1. The van der Waals surface area contributed by atoms with Crippen LogP contribution in [0.3, 0.4) is 0 Å². The van der Waals surface area contributed by atoms with Crippen molar-refractivity contribution in [3.63, 3.8) is 0 Å². The van der Waals surface area contributed by atoms with Gasteiger partial charge >= 0.3 is 5.97 Å². The zero-order chi connectivity index (χ0) is 55.0. The highest BCUT2D eigenvalue weighted by Crippen LogP contribution is 2.45. The van der Waals surface area contributed by atoms with Crippen LogP contribution in [0.1, 0.15) is 64.7 Å². The second-order valence-electron chi connectivity index (χ2n) is 21.7. The van der Waals surface area contributed by atoms with Gasteiger partial charge in [0.1, 0.15) is 91.6 Å². The van der Waals surface area contributed by atoms with Gasteiger partial charge in [-0.1, -0.05) is 6.08 Å². The van der Waals surface area contributed by atoms with Gasteiger partial charge in [-0.3, -0.25) is 0 Å². The molecule has 0 spiro atoms. The van der Waals surface area contributed by atoms with Gasteiger partial charge in [0, 0.05) is 18.4 Å². The molecular weight excluding hydrogens is 1020 g/mol. The highest BCUT2D eigenvalue weighted by molar-refractivity contribution is 5.82. The standard InChI is InChI=1S/C48H78O28/c1-16-43(76-30(54)7-4-17-2-5-20(6-3-17)69-46-39(63)35(59)32(56)27(13-49)73-46)38(62)42(66)45(68-16)67-15-29-34(58)37(61)41(65)48(75-29)72-26-12-21-24(70-44(26)18-8-22(52)31(55)23(53)9-18)10-19(51)11-25(21)71-47-40(64)36(60)33(57)28(14-50)74-47/h4,7,16-29,31-53,55-66H,2-3,5-6,8-15H2,1H3. The molecule has 28 unspecified atom stereocenters. The maximum absolute atomic E-state index is 13.0. The van der Waals surface area contributed by atoms with Crippen LogP contribution in [0.2, 0.25) is 0 Å². The van der Waals surface area contributed by atoms with Gasteiger partial charge < -0.3 is 134 Å². The van der Waals surface area contributed by atoms with Crippen LogP contribution < -0.4 is 0 Å². The molecule has 8 fully saturated rings. The summed E-state index contributed by atoms with van der Waals surface area (Å²) in [7, 11) is 0. The maximum Gasteiger partial charge on any atom is 0.330 e. The lowest BCUT2D eigenvalue weighted by molar-refractivity contribution is -0.352. The van der Waals surface area contributed by atoms with Crippen molar-refractivity contribution in [2.24, 2.45) is 17.8 Å². The average Bonchev–Trinajstić information content (AvgIpc) is 3.40. The first kappa shape index (κ1) is 60.3. The summed E-state index contributed by atoms with van der Waals surface area (Å²) in [4.78, 5) is 13.0. The Morgan fingerprint density at radius 3 is 1.59 bits per heavy atom. The number of fused-ring (bicyclic) bond motifs is 1. The van der Waals surface area contributed by atoms with E-state index in [0.717, 1.165) is 0 Å². The van der Waals surface area contributed by atoms with Crippen molar-refractivity contribution in [3.05, 3.63) is 12.2 Å². The lowest BCUT2D eigenvalue weighted by Gasteiger charge is -2.53. The van der Waals surface area contributed by atoms with E-state index in [4.69, 9.17) is 47.4 Å². The van der Waals surface area contributed by atoms with Gasteiger partial charge in [0.25, 0.3) is 0 Å². The number of aliphatic hydroxyl groups excluding tert-OH is 17. The monoisotopic (exact) mass is 1100 g/mol. The number of ether oxygens (including phenoxy) is 10. The summed E-state index contributed by atoms with van der Waals surface area (Å²) in [6, 6.07) is 0. The Kier molecular flexibility index (Phi) is 20.6. The maximum atomic E-state index is 13.0. The fraction of sp³-hybridized carbons (Fsp3) is 0.938. The van der Waals surface area contributed by atoms with Crippen LogP contribution in [-0.2, 0) is 52.2 Å². The Labute approximate surface area is 436 Å². The van der Waals surface area contributed by atoms with Crippen molar-refractivity contribution < 1.29 is 139 Å². The number of allylic oxidation sites excluding steroid dienone is 1. The summed E-state index contributed by atoms with van der Waals surface area (Å²) in [5.41, 5.74) is 0. The molecule has 3 saturated carbocycles.